The van der Waals surface area contributed by atoms with Crippen LogP contribution in [0.15, 0.2) is 18.2 Å². The number of methoxy groups -OCH3 is 1. The highest BCUT2D eigenvalue weighted by Crippen LogP contribution is 2.19. The summed E-state index contributed by atoms with van der Waals surface area (Å²) in [6.07, 6.45) is 0. The molecule has 1 rings (SSSR count). The van der Waals surface area contributed by atoms with Gasteiger partial charge in [0.1, 0.15) is 5.75 Å². The zero-order chi connectivity index (χ0) is 14.1. The molecule has 4 heteroatoms. The highest BCUT2D eigenvalue weighted by Gasteiger charge is 2.04. The molecular formula is C15H22N2O2. The Balaban J connectivity index is 2.38. The minimum Gasteiger partial charge on any atom is -0.496 e. The van der Waals surface area contributed by atoms with Crippen LogP contribution in [0, 0.1) is 17.2 Å². The van der Waals surface area contributed by atoms with Gasteiger partial charge >= 0.3 is 0 Å². The van der Waals surface area contributed by atoms with Crippen molar-refractivity contribution < 1.29 is 9.47 Å². The average Bonchev–Trinajstić information content (AvgIpc) is 2.42. The fraction of sp³-hybridized carbons (Fsp3) is 0.533. The number of rotatable bonds is 8. The van der Waals surface area contributed by atoms with Crippen LogP contribution in [0.4, 0.5) is 0 Å². The summed E-state index contributed by atoms with van der Waals surface area (Å²) in [7, 11) is 1.64. The Hall–Kier alpha value is -1.57. The third-order valence-electron chi connectivity index (χ3n) is 2.60. The monoisotopic (exact) mass is 262 g/mol. The van der Waals surface area contributed by atoms with Crippen molar-refractivity contribution in [1.82, 2.24) is 5.32 Å². The smallest absolute Gasteiger partial charge is 0.123 e. The number of nitriles is 1. The quantitative estimate of drug-likeness (QED) is 0.731. The molecule has 1 aromatic carbocycles. The number of ether oxygens (including phenoxy) is 2. The Labute approximate surface area is 115 Å². The second-order valence-corrected chi connectivity index (χ2v) is 4.78. The lowest BCUT2D eigenvalue weighted by Crippen LogP contribution is -2.20. The fourth-order valence-electron chi connectivity index (χ4n) is 1.67. The maximum atomic E-state index is 8.89. The third-order valence-corrected chi connectivity index (χ3v) is 2.60. The molecule has 0 saturated heterocycles. The first-order valence-corrected chi connectivity index (χ1v) is 6.52. The molecule has 0 amide bonds. The molecule has 4 nitrogen and oxygen atoms in total. The summed E-state index contributed by atoms with van der Waals surface area (Å²) in [5.41, 5.74) is 1.64. The zero-order valence-corrected chi connectivity index (χ0v) is 11.9. The minimum absolute atomic E-state index is 0.562. The first kappa shape index (κ1) is 15.5. The topological polar surface area (TPSA) is 54.3 Å². The molecule has 0 aliphatic carbocycles. The largest absolute Gasteiger partial charge is 0.496 e. The predicted octanol–water partition coefficient (Wildman–Crippen LogP) is 2.33. The number of benzene rings is 1. The van der Waals surface area contributed by atoms with Crippen LogP contribution in [0.1, 0.15) is 25.0 Å². The maximum Gasteiger partial charge on any atom is 0.123 e. The second-order valence-electron chi connectivity index (χ2n) is 4.78. The van der Waals surface area contributed by atoms with E-state index >= 15 is 0 Å². The Bertz CT molecular complexity index is 425. The zero-order valence-electron chi connectivity index (χ0n) is 11.9. The van der Waals surface area contributed by atoms with E-state index in [1.807, 2.05) is 12.1 Å². The molecule has 0 heterocycles. The van der Waals surface area contributed by atoms with E-state index in [4.69, 9.17) is 14.7 Å². The lowest BCUT2D eigenvalue weighted by atomic mass is 10.1. The molecule has 1 N–H and O–H groups in total. The summed E-state index contributed by atoms with van der Waals surface area (Å²) in [6, 6.07) is 7.56. The van der Waals surface area contributed by atoms with Crippen LogP contribution in [0.2, 0.25) is 0 Å². The number of nitrogens with zero attached hydrogens (tertiary/aromatic N) is 1. The van der Waals surface area contributed by atoms with E-state index in [2.05, 4.69) is 25.2 Å². The SMILES string of the molecule is COc1ccc(C#N)cc1CNCCOCC(C)C. The fourth-order valence-corrected chi connectivity index (χ4v) is 1.67. The van der Waals surface area contributed by atoms with Crippen molar-refractivity contribution in [3.8, 4) is 11.8 Å². The van der Waals surface area contributed by atoms with E-state index in [1.165, 1.54) is 0 Å². The van der Waals surface area contributed by atoms with E-state index < -0.39 is 0 Å². The van der Waals surface area contributed by atoms with E-state index in [9.17, 15) is 0 Å². The molecule has 0 aliphatic heterocycles. The Morgan fingerprint density at radius 2 is 2.16 bits per heavy atom. The summed E-state index contributed by atoms with van der Waals surface area (Å²) in [4.78, 5) is 0. The van der Waals surface area contributed by atoms with Crippen molar-refractivity contribution in [3.63, 3.8) is 0 Å². The molecule has 0 spiro atoms. The predicted molar refractivity (Wildman–Crippen MR) is 75.1 cm³/mol. The summed E-state index contributed by atoms with van der Waals surface area (Å²) < 4.78 is 10.8. The van der Waals surface area contributed by atoms with Gasteiger partial charge in [0.15, 0.2) is 0 Å². The molecule has 0 fully saturated rings. The Kier molecular flexibility index (Phi) is 6.94. The van der Waals surface area contributed by atoms with Gasteiger partial charge in [0.05, 0.1) is 25.3 Å². The molecule has 104 valence electrons. The van der Waals surface area contributed by atoms with Crippen LogP contribution in [0.25, 0.3) is 0 Å². The average molecular weight is 262 g/mol. The molecule has 19 heavy (non-hydrogen) atoms. The second kappa shape index (κ2) is 8.52. The van der Waals surface area contributed by atoms with Gasteiger partial charge in [-0.25, -0.2) is 0 Å². The molecule has 0 bridgehead atoms. The molecule has 0 unspecified atom stereocenters. The summed E-state index contributed by atoms with van der Waals surface area (Å²) in [5.74, 6) is 1.36. The molecular weight excluding hydrogens is 240 g/mol. The molecule has 0 atom stereocenters. The van der Waals surface area contributed by atoms with Gasteiger partial charge in [-0.3, -0.25) is 0 Å². The Morgan fingerprint density at radius 1 is 1.37 bits per heavy atom. The van der Waals surface area contributed by atoms with Gasteiger partial charge < -0.3 is 14.8 Å². The summed E-state index contributed by atoms with van der Waals surface area (Å²) in [6.45, 7) is 7.20. The number of nitrogens with one attached hydrogen (secondary N) is 1. The van der Waals surface area contributed by atoms with Crippen molar-refractivity contribution >= 4 is 0 Å². The van der Waals surface area contributed by atoms with E-state index in [-0.39, 0.29) is 0 Å². The molecule has 0 aromatic heterocycles. The van der Waals surface area contributed by atoms with Crippen molar-refractivity contribution in [2.24, 2.45) is 5.92 Å². The number of hydrogen-bond acceptors (Lipinski definition) is 4. The third kappa shape index (κ3) is 5.73. The van der Waals surface area contributed by atoms with Gasteiger partial charge in [-0.1, -0.05) is 13.8 Å². The van der Waals surface area contributed by atoms with Crippen LogP contribution < -0.4 is 10.1 Å². The summed E-state index contributed by atoms with van der Waals surface area (Å²) in [5, 5.41) is 12.2. The molecule has 0 saturated carbocycles. The van der Waals surface area contributed by atoms with Crippen molar-refractivity contribution in [3.05, 3.63) is 29.3 Å². The van der Waals surface area contributed by atoms with E-state index in [0.717, 1.165) is 24.5 Å². The molecule has 0 radical (unpaired) electrons. The van der Waals surface area contributed by atoms with Crippen LogP contribution in [-0.4, -0.2) is 26.9 Å². The maximum absolute atomic E-state index is 8.89. The minimum atomic E-state index is 0.562. The van der Waals surface area contributed by atoms with Crippen molar-refractivity contribution in [2.75, 3.05) is 26.9 Å². The van der Waals surface area contributed by atoms with Gasteiger partial charge in [0.2, 0.25) is 0 Å². The van der Waals surface area contributed by atoms with Gasteiger partial charge in [-0.2, -0.15) is 5.26 Å². The first-order chi connectivity index (χ1) is 9.17. The standard InChI is InChI=1S/C15H22N2O2/c1-12(2)11-19-7-6-17-10-14-8-13(9-16)4-5-15(14)18-3/h4-5,8,12,17H,6-7,10-11H2,1-3H3. The van der Waals surface area contributed by atoms with Crippen LogP contribution in [0.5, 0.6) is 5.75 Å². The number of hydrogen-bond donors (Lipinski definition) is 1. The lowest BCUT2D eigenvalue weighted by Gasteiger charge is -2.11. The first-order valence-electron chi connectivity index (χ1n) is 6.52. The van der Waals surface area contributed by atoms with E-state index in [0.29, 0.717) is 24.6 Å². The van der Waals surface area contributed by atoms with E-state index in [1.54, 1.807) is 13.2 Å². The van der Waals surface area contributed by atoms with Crippen LogP contribution in [-0.2, 0) is 11.3 Å². The van der Waals surface area contributed by atoms with Crippen molar-refractivity contribution in [2.45, 2.75) is 20.4 Å². The van der Waals surface area contributed by atoms with Crippen LogP contribution in [0.3, 0.4) is 0 Å². The van der Waals surface area contributed by atoms with Gasteiger partial charge in [-0.05, 0) is 24.1 Å². The molecule has 0 aliphatic rings. The van der Waals surface area contributed by atoms with Gasteiger partial charge in [0.25, 0.3) is 0 Å². The highest BCUT2D eigenvalue weighted by atomic mass is 16.5. The highest BCUT2D eigenvalue weighted by molar-refractivity contribution is 5.41. The van der Waals surface area contributed by atoms with Gasteiger partial charge in [0, 0.05) is 25.3 Å². The Morgan fingerprint density at radius 3 is 2.79 bits per heavy atom. The lowest BCUT2D eigenvalue weighted by molar-refractivity contribution is 0.111. The van der Waals surface area contributed by atoms with Crippen molar-refractivity contribution in [1.29, 1.82) is 5.26 Å². The summed E-state index contributed by atoms with van der Waals surface area (Å²) >= 11 is 0. The van der Waals surface area contributed by atoms with Gasteiger partial charge in [-0.15, -0.1) is 0 Å². The normalized spacial score (nSPS) is 10.5. The van der Waals surface area contributed by atoms with Crippen LogP contribution >= 0.6 is 0 Å². The molecule has 1 aromatic rings.